The lowest BCUT2D eigenvalue weighted by atomic mass is 10.1. The number of amides is 1. The zero-order valence-electron chi connectivity index (χ0n) is 11.6. The summed E-state index contributed by atoms with van der Waals surface area (Å²) in [5, 5.41) is 26.4. The molecule has 0 heterocycles. The van der Waals surface area contributed by atoms with Crippen molar-refractivity contribution in [1.29, 1.82) is 0 Å². The van der Waals surface area contributed by atoms with Crippen LogP contribution in [-0.2, 0) is 6.42 Å². The molecule has 5 N–H and O–H groups in total. The van der Waals surface area contributed by atoms with Gasteiger partial charge in [-0.25, -0.2) is 0 Å². The van der Waals surface area contributed by atoms with Crippen LogP contribution in [0.3, 0.4) is 0 Å². The van der Waals surface area contributed by atoms with Crippen LogP contribution >= 0.6 is 0 Å². The first kappa shape index (κ1) is 16.5. The molecular weight excluding hydrogens is 270 g/mol. The van der Waals surface area contributed by atoms with Crippen molar-refractivity contribution in [2.24, 2.45) is 5.73 Å². The normalized spacial score (nSPS) is 9.57. The molecule has 2 aromatic carbocycles. The smallest absolute Gasteiger partial charge is 0.252 e. The van der Waals surface area contributed by atoms with Crippen LogP contribution in [0.5, 0.6) is 11.5 Å². The Balaban J connectivity index is 0.000000211. The van der Waals surface area contributed by atoms with Crippen molar-refractivity contribution in [3.63, 3.8) is 0 Å². The third kappa shape index (κ3) is 5.97. The van der Waals surface area contributed by atoms with E-state index >= 15 is 0 Å². The number of aromatic hydroxyl groups is 2. The van der Waals surface area contributed by atoms with Crippen LogP contribution in [0.15, 0.2) is 48.5 Å². The highest BCUT2D eigenvalue weighted by atomic mass is 16.3. The molecule has 21 heavy (non-hydrogen) atoms. The first-order valence-electron chi connectivity index (χ1n) is 6.51. The maximum atomic E-state index is 10.5. The molecule has 112 valence electrons. The van der Waals surface area contributed by atoms with E-state index in [-0.39, 0.29) is 23.7 Å². The summed E-state index contributed by atoms with van der Waals surface area (Å²) in [7, 11) is 0. The van der Waals surface area contributed by atoms with Crippen LogP contribution in [-0.4, -0.2) is 27.8 Å². The van der Waals surface area contributed by atoms with Crippen LogP contribution in [0.2, 0.25) is 0 Å². The summed E-state index contributed by atoms with van der Waals surface area (Å²) in [6.45, 7) is 0.287. The lowest BCUT2D eigenvalue weighted by Crippen LogP contribution is -2.10. The maximum absolute atomic E-state index is 10.5. The number of hydrogen-bond acceptors (Lipinski definition) is 4. The molecule has 0 aliphatic carbocycles. The predicted molar refractivity (Wildman–Crippen MR) is 80.1 cm³/mol. The zero-order valence-corrected chi connectivity index (χ0v) is 11.6. The van der Waals surface area contributed by atoms with Gasteiger partial charge in [-0.15, -0.1) is 0 Å². The minimum absolute atomic E-state index is 0.0787. The SMILES string of the molecule is NC(=O)c1cc(O)ccc1O.OCCCc1ccccc1. The second-order valence-corrected chi connectivity index (χ2v) is 4.38. The Morgan fingerprint density at radius 1 is 1.05 bits per heavy atom. The summed E-state index contributed by atoms with van der Waals surface area (Å²) in [6, 6.07) is 13.8. The van der Waals surface area contributed by atoms with Crippen molar-refractivity contribution >= 4 is 5.91 Å². The number of aliphatic hydroxyl groups excluding tert-OH is 1. The summed E-state index contributed by atoms with van der Waals surface area (Å²) in [6.07, 6.45) is 1.85. The monoisotopic (exact) mass is 289 g/mol. The molecule has 0 aliphatic heterocycles. The van der Waals surface area contributed by atoms with Crippen LogP contribution in [0.1, 0.15) is 22.3 Å². The molecule has 0 spiro atoms. The largest absolute Gasteiger partial charge is 0.508 e. The molecule has 5 nitrogen and oxygen atoms in total. The van der Waals surface area contributed by atoms with Crippen molar-refractivity contribution < 1.29 is 20.1 Å². The van der Waals surface area contributed by atoms with E-state index in [2.05, 4.69) is 12.1 Å². The molecule has 0 fully saturated rings. The zero-order chi connectivity index (χ0) is 15.7. The topological polar surface area (TPSA) is 104 Å². The van der Waals surface area contributed by atoms with Gasteiger partial charge >= 0.3 is 0 Å². The van der Waals surface area contributed by atoms with Gasteiger partial charge in [0.1, 0.15) is 11.5 Å². The molecule has 2 aromatic rings. The number of rotatable bonds is 4. The Bertz CT molecular complexity index is 570. The number of phenols is 2. The van der Waals surface area contributed by atoms with E-state index in [9.17, 15) is 4.79 Å². The fourth-order valence-corrected chi connectivity index (χ4v) is 1.65. The number of benzene rings is 2. The molecule has 0 aliphatic rings. The molecule has 0 atom stereocenters. The van der Waals surface area contributed by atoms with Crippen LogP contribution in [0.25, 0.3) is 0 Å². The summed E-state index contributed by atoms with van der Waals surface area (Å²) < 4.78 is 0. The summed E-state index contributed by atoms with van der Waals surface area (Å²) >= 11 is 0. The second-order valence-electron chi connectivity index (χ2n) is 4.38. The van der Waals surface area contributed by atoms with Gasteiger partial charge in [0.25, 0.3) is 5.91 Å². The molecule has 0 saturated heterocycles. The summed E-state index contributed by atoms with van der Waals surface area (Å²) in [5.74, 6) is -1.09. The molecule has 0 saturated carbocycles. The van der Waals surface area contributed by atoms with Gasteiger partial charge in [-0.3, -0.25) is 4.79 Å². The van der Waals surface area contributed by atoms with Gasteiger partial charge in [0.05, 0.1) is 5.56 Å². The molecule has 0 aromatic heterocycles. The highest BCUT2D eigenvalue weighted by Gasteiger charge is 2.06. The molecule has 0 unspecified atom stereocenters. The van der Waals surface area contributed by atoms with Gasteiger partial charge in [0.2, 0.25) is 0 Å². The molecule has 0 bridgehead atoms. The summed E-state index contributed by atoms with van der Waals surface area (Å²) in [4.78, 5) is 10.5. The van der Waals surface area contributed by atoms with Gasteiger partial charge in [0, 0.05) is 6.61 Å². The third-order valence-corrected chi connectivity index (χ3v) is 2.71. The highest BCUT2D eigenvalue weighted by molar-refractivity contribution is 5.95. The van der Waals surface area contributed by atoms with E-state index in [1.165, 1.54) is 17.7 Å². The number of aryl methyl sites for hydroxylation is 1. The van der Waals surface area contributed by atoms with Gasteiger partial charge < -0.3 is 21.1 Å². The number of primary amides is 1. The Morgan fingerprint density at radius 3 is 2.24 bits per heavy atom. The number of hydrogen-bond donors (Lipinski definition) is 4. The minimum Gasteiger partial charge on any atom is -0.508 e. The summed E-state index contributed by atoms with van der Waals surface area (Å²) in [5.41, 5.74) is 6.10. The van der Waals surface area contributed by atoms with Gasteiger partial charge in [-0.2, -0.15) is 0 Å². The number of carbonyl (C=O) groups is 1. The third-order valence-electron chi connectivity index (χ3n) is 2.71. The number of carbonyl (C=O) groups excluding carboxylic acids is 1. The fourth-order valence-electron chi connectivity index (χ4n) is 1.65. The lowest BCUT2D eigenvalue weighted by molar-refractivity contribution is 0.0997. The van der Waals surface area contributed by atoms with Crippen molar-refractivity contribution in [2.75, 3.05) is 6.61 Å². The van der Waals surface area contributed by atoms with E-state index < -0.39 is 5.91 Å². The fraction of sp³-hybridized carbons (Fsp3) is 0.188. The number of nitrogens with two attached hydrogens (primary N) is 1. The standard InChI is InChI=1S/C9H12O.C7H7NO3/c10-8-4-7-9-5-2-1-3-6-9;8-7(11)5-3-4(9)1-2-6(5)10/h1-3,5-6,10H,4,7-8H2;1-3,9-10H,(H2,8,11). The van der Waals surface area contributed by atoms with Crippen LogP contribution in [0, 0.1) is 0 Å². The van der Waals surface area contributed by atoms with Gasteiger partial charge in [0.15, 0.2) is 0 Å². The first-order chi connectivity index (χ1) is 10.0. The molecular formula is C16H19NO4. The van der Waals surface area contributed by atoms with Crippen LogP contribution in [0.4, 0.5) is 0 Å². The van der Waals surface area contributed by atoms with Gasteiger partial charge in [-0.1, -0.05) is 30.3 Å². The second kappa shape index (κ2) is 8.60. The Morgan fingerprint density at radius 2 is 1.71 bits per heavy atom. The van der Waals surface area contributed by atoms with Crippen molar-refractivity contribution in [2.45, 2.75) is 12.8 Å². The quantitative estimate of drug-likeness (QED) is 0.644. The highest BCUT2D eigenvalue weighted by Crippen LogP contribution is 2.20. The lowest BCUT2D eigenvalue weighted by Gasteiger charge is -1.99. The first-order valence-corrected chi connectivity index (χ1v) is 6.51. The number of aliphatic hydroxyl groups is 1. The Hall–Kier alpha value is -2.53. The molecule has 5 heteroatoms. The van der Waals surface area contributed by atoms with E-state index in [0.29, 0.717) is 0 Å². The predicted octanol–water partition coefficient (Wildman–Crippen LogP) is 1.81. The van der Waals surface area contributed by atoms with Crippen molar-refractivity contribution in [3.05, 3.63) is 59.7 Å². The molecule has 2 rings (SSSR count). The maximum Gasteiger partial charge on any atom is 0.252 e. The Labute approximate surface area is 123 Å². The van der Waals surface area contributed by atoms with Crippen molar-refractivity contribution in [3.8, 4) is 11.5 Å². The van der Waals surface area contributed by atoms with Gasteiger partial charge in [-0.05, 0) is 36.6 Å². The molecule has 1 amide bonds. The van der Waals surface area contributed by atoms with E-state index in [1.807, 2.05) is 18.2 Å². The Kier molecular flexibility index (Phi) is 6.77. The average Bonchev–Trinajstić information content (AvgIpc) is 2.49. The van der Waals surface area contributed by atoms with E-state index in [4.69, 9.17) is 21.1 Å². The molecule has 0 radical (unpaired) electrons. The minimum atomic E-state index is -0.765. The number of phenolic OH excluding ortho intramolecular Hbond substituents is 1. The van der Waals surface area contributed by atoms with E-state index in [0.717, 1.165) is 18.9 Å². The van der Waals surface area contributed by atoms with Crippen molar-refractivity contribution in [1.82, 2.24) is 0 Å². The average molecular weight is 289 g/mol. The van der Waals surface area contributed by atoms with Crippen LogP contribution < -0.4 is 5.73 Å². The van der Waals surface area contributed by atoms with E-state index in [1.54, 1.807) is 0 Å².